The van der Waals surface area contributed by atoms with Crippen molar-refractivity contribution in [2.75, 3.05) is 13.1 Å². The van der Waals surface area contributed by atoms with Crippen molar-refractivity contribution < 1.29 is 17.9 Å². The minimum atomic E-state index is -3.68. The maximum atomic E-state index is 13.4. The number of aromatic nitrogens is 1. The minimum absolute atomic E-state index is 0. The zero-order chi connectivity index (χ0) is 19.4. The van der Waals surface area contributed by atoms with Gasteiger partial charge in [0.2, 0.25) is 10.0 Å². The van der Waals surface area contributed by atoms with E-state index in [1.807, 2.05) is 0 Å². The number of aliphatic hydroxyl groups is 1. The number of fused-ring (bicyclic) bond motifs is 1. The van der Waals surface area contributed by atoms with E-state index in [0.717, 1.165) is 22.1 Å². The fraction of sp³-hybridized carbons (Fsp3) is 0.278. The van der Waals surface area contributed by atoms with E-state index in [0.29, 0.717) is 6.54 Å². The topological polar surface area (TPSA) is 91.3 Å². The van der Waals surface area contributed by atoms with Gasteiger partial charge in [0, 0.05) is 42.5 Å². The number of aliphatic hydroxyl groups excluding tert-OH is 1. The summed E-state index contributed by atoms with van der Waals surface area (Å²) in [5.74, 6) is 0. The molecule has 1 aromatic carbocycles. The van der Waals surface area contributed by atoms with Gasteiger partial charge in [-0.25, -0.2) is 13.1 Å². The normalized spacial score (nSPS) is 13.8. The molecule has 0 aliphatic carbocycles. The molecular weight excluding hydrogens is 425 g/mol. The second-order valence-electron chi connectivity index (χ2n) is 6.23. The van der Waals surface area contributed by atoms with Crippen LogP contribution in [-0.4, -0.2) is 37.6 Å². The number of hydrogen-bond acceptors (Lipinski definition) is 6. The Morgan fingerprint density at radius 3 is 2.71 bits per heavy atom. The van der Waals surface area contributed by atoms with E-state index >= 15 is 0 Å². The van der Waals surface area contributed by atoms with Gasteiger partial charge in [0.25, 0.3) is 0 Å². The van der Waals surface area contributed by atoms with Gasteiger partial charge >= 0.3 is 0 Å². The Bertz CT molecular complexity index is 1030. The van der Waals surface area contributed by atoms with E-state index in [4.69, 9.17) is 0 Å². The quantitative estimate of drug-likeness (QED) is 0.496. The van der Waals surface area contributed by atoms with Gasteiger partial charge in [-0.1, -0.05) is 6.07 Å². The molecule has 0 aliphatic heterocycles. The zero-order valence-electron chi connectivity index (χ0n) is 15.0. The Morgan fingerprint density at radius 1 is 1.21 bits per heavy atom. The van der Waals surface area contributed by atoms with Crippen molar-refractivity contribution in [2.24, 2.45) is 0 Å². The van der Waals surface area contributed by atoms with Gasteiger partial charge in [-0.2, -0.15) is 4.39 Å². The third kappa shape index (κ3) is 5.47. The highest BCUT2D eigenvalue weighted by Gasteiger charge is 2.18. The van der Waals surface area contributed by atoms with Crippen molar-refractivity contribution in [1.29, 1.82) is 0 Å². The molecular formula is C18H21ClFN3O3S2. The van der Waals surface area contributed by atoms with Gasteiger partial charge in [0.05, 0.1) is 11.0 Å². The molecule has 0 aliphatic rings. The molecule has 0 saturated heterocycles. The number of rotatable bonds is 8. The molecule has 2 heterocycles. The predicted molar refractivity (Wildman–Crippen MR) is 111 cm³/mol. The smallest absolute Gasteiger partial charge is 0.240 e. The van der Waals surface area contributed by atoms with Gasteiger partial charge in [0.1, 0.15) is 0 Å². The van der Waals surface area contributed by atoms with Gasteiger partial charge in [-0.3, -0.25) is 4.98 Å². The lowest BCUT2D eigenvalue weighted by Gasteiger charge is -2.17. The molecule has 152 valence electrons. The Balaban J connectivity index is 0.00000280. The predicted octanol–water partition coefficient (Wildman–Crippen LogP) is 2.85. The molecule has 0 saturated carbocycles. The van der Waals surface area contributed by atoms with Crippen molar-refractivity contribution in [3.63, 3.8) is 0 Å². The molecule has 0 spiro atoms. The van der Waals surface area contributed by atoms with E-state index in [1.54, 1.807) is 42.9 Å². The molecule has 0 amide bonds. The highest BCUT2D eigenvalue weighted by molar-refractivity contribution is 7.89. The number of pyridine rings is 1. The number of sulfonamides is 1. The fourth-order valence-electron chi connectivity index (χ4n) is 2.69. The van der Waals surface area contributed by atoms with Crippen LogP contribution >= 0.6 is 23.7 Å². The average Bonchev–Trinajstić information content (AvgIpc) is 3.07. The van der Waals surface area contributed by atoms with Crippen molar-refractivity contribution in [1.82, 2.24) is 15.0 Å². The number of hydrogen-bond donors (Lipinski definition) is 3. The van der Waals surface area contributed by atoms with Gasteiger partial charge < -0.3 is 10.4 Å². The Hall–Kier alpha value is -1.62. The first-order valence-corrected chi connectivity index (χ1v) is 10.7. The van der Waals surface area contributed by atoms with Gasteiger partial charge in [0.15, 0.2) is 5.13 Å². The van der Waals surface area contributed by atoms with Crippen LogP contribution in [0, 0.1) is 5.13 Å². The van der Waals surface area contributed by atoms with Crippen LogP contribution in [0.5, 0.6) is 0 Å². The first kappa shape index (κ1) is 22.7. The fourth-order valence-corrected chi connectivity index (χ4v) is 4.65. The van der Waals surface area contributed by atoms with Crippen LogP contribution in [0.15, 0.2) is 53.0 Å². The van der Waals surface area contributed by atoms with Crippen LogP contribution in [0.25, 0.3) is 10.8 Å². The first-order chi connectivity index (χ1) is 12.9. The summed E-state index contributed by atoms with van der Waals surface area (Å²) in [6.45, 7) is 2.13. The zero-order valence-corrected chi connectivity index (χ0v) is 17.5. The van der Waals surface area contributed by atoms with Crippen LogP contribution in [0.4, 0.5) is 4.39 Å². The highest BCUT2D eigenvalue weighted by atomic mass is 35.5. The lowest BCUT2D eigenvalue weighted by molar-refractivity contribution is 0.170. The lowest BCUT2D eigenvalue weighted by Crippen LogP contribution is -2.40. The van der Waals surface area contributed by atoms with Crippen LogP contribution < -0.4 is 10.0 Å². The summed E-state index contributed by atoms with van der Waals surface area (Å²) < 4.78 is 41.2. The Morgan fingerprint density at radius 2 is 2.00 bits per heavy atom. The Kier molecular flexibility index (Phi) is 7.87. The molecule has 3 N–H and O–H groups in total. The van der Waals surface area contributed by atoms with Gasteiger partial charge in [-0.05, 0) is 42.0 Å². The Labute approximate surface area is 173 Å². The molecule has 0 fully saturated rings. The lowest BCUT2D eigenvalue weighted by atomic mass is 10.2. The number of halogens is 2. The third-order valence-corrected chi connectivity index (χ3v) is 6.37. The van der Waals surface area contributed by atoms with E-state index in [2.05, 4.69) is 15.0 Å². The summed E-state index contributed by atoms with van der Waals surface area (Å²) in [5.41, 5.74) is 0.242. The third-order valence-electron chi connectivity index (χ3n) is 4.07. The molecule has 28 heavy (non-hydrogen) atoms. The number of nitrogens with zero attached hydrogens (tertiary/aromatic N) is 1. The highest BCUT2D eigenvalue weighted by Crippen LogP contribution is 2.21. The summed E-state index contributed by atoms with van der Waals surface area (Å²) in [4.78, 5) is 4.18. The average molecular weight is 446 g/mol. The van der Waals surface area contributed by atoms with E-state index < -0.39 is 27.3 Å². The summed E-state index contributed by atoms with van der Waals surface area (Å²) in [5, 5.41) is 15.7. The van der Waals surface area contributed by atoms with Crippen molar-refractivity contribution >= 4 is 44.5 Å². The maximum absolute atomic E-state index is 13.4. The molecule has 2 atom stereocenters. The van der Waals surface area contributed by atoms with E-state index in [9.17, 15) is 17.9 Å². The van der Waals surface area contributed by atoms with Crippen LogP contribution in [0.1, 0.15) is 18.6 Å². The monoisotopic (exact) mass is 445 g/mol. The molecule has 10 heteroatoms. The number of benzene rings is 1. The standard InChI is InChI=1S/C18H20FN3O3S2.ClH/c1-12(9-21-11-17(23)16-5-7-26-18(16)19)22-27(24,25)15-3-2-14-10-20-6-4-13(14)8-15;/h2-8,10,12,17,21-23H,9,11H2,1H3;1H/t12-,17?;/m1./s1. The summed E-state index contributed by atoms with van der Waals surface area (Å²) in [6, 6.07) is 7.73. The second-order valence-corrected chi connectivity index (χ2v) is 8.81. The van der Waals surface area contributed by atoms with Crippen molar-refractivity contribution in [3.05, 3.63) is 58.8 Å². The van der Waals surface area contributed by atoms with E-state index in [-0.39, 0.29) is 29.4 Å². The van der Waals surface area contributed by atoms with Gasteiger partial charge in [-0.15, -0.1) is 23.7 Å². The number of nitrogens with one attached hydrogen (secondary N) is 2. The second kappa shape index (κ2) is 9.73. The minimum Gasteiger partial charge on any atom is -0.387 e. The molecule has 0 bridgehead atoms. The van der Waals surface area contributed by atoms with Crippen molar-refractivity contribution in [2.45, 2.75) is 24.0 Å². The van der Waals surface area contributed by atoms with E-state index in [1.165, 1.54) is 12.1 Å². The van der Waals surface area contributed by atoms with Crippen LogP contribution in [0.2, 0.25) is 0 Å². The molecule has 0 radical (unpaired) electrons. The SMILES string of the molecule is C[C@H](CNCC(O)c1ccsc1F)NS(=O)(=O)c1ccc2cnccc2c1.Cl. The first-order valence-electron chi connectivity index (χ1n) is 8.34. The van der Waals surface area contributed by atoms with Crippen LogP contribution in [0.3, 0.4) is 0 Å². The molecule has 6 nitrogen and oxygen atoms in total. The molecule has 1 unspecified atom stereocenters. The number of thiophene rings is 1. The molecule has 2 aromatic heterocycles. The summed E-state index contributed by atoms with van der Waals surface area (Å²) >= 11 is 0.929. The molecule has 3 aromatic rings. The maximum Gasteiger partial charge on any atom is 0.240 e. The summed E-state index contributed by atoms with van der Waals surface area (Å²) in [7, 11) is -3.68. The largest absolute Gasteiger partial charge is 0.387 e. The van der Waals surface area contributed by atoms with Crippen LogP contribution in [-0.2, 0) is 10.0 Å². The summed E-state index contributed by atoms with van der Waals surface area (Å²) in [6.07, 6.45) is 2.31. The molecule has 3 rings (SSSR count). The van der Waals surface area contributed by atoms with Crippen molar-refractivity contribution in [3.8, 4) is 0 Å².